The van der Waals surface area contributed by atoms with Gasteiger partial charge in [0.1, 0.15) is 48.8 Å². The van der Waals surface area contributed by atoms with Crippen molar-refractivity contribution >= 4 is 5.91 Å². The number of carbonyl (C=O) groups is 1. The largest absolute Gasteiger partial charge is 0.394 e. The molecule has 0 aliphatic carbocycles. The molecule has 2 aliphatic heterocycles. The minimum absolute atomic E-state index is 0.215. The second-order valence-electron chi connectivity index (χ2n) is 26.0. The molecule has 0 aromatic carbocycles. The summed E-state index contributed by atoms with van der Waals surface area (Å²) >= 11 is 0. The van der Waals surface area contributed by atoms with Gasteiger partial charge in [-0.15, -0.1) is 0 Å². The van der Waals surface area contributed by atoms with E-state index in [0.717, 1.165) is 103 Å². The molecule has 2 aliphatic rings. The number of unbranched alkanes of at least 4 members (excludes halogenated alkanes) is 32. The lowest BCUT2D eigenvalue weighted by atomic mass is 9.97. The molecule has 2 saturated heterocycles. The Hall–Kier alpha value is -3.09. The predicted molar refractivity (Wildman–Crippen MR) is 378 cm³/mol. The molecule has 0 spiro atoms. The molecule has 532 valence electrons. The maximum Gasteiger partial charge on any atom is 0.220 e. The highest BCUT2D eigenvalue weighted by molar-refractivity contribution is 5.76. The van der Waals surface area contributed by atoms with Gasteiger partial charge in [-0.25, -0.2) is 0 Å². The maximum absolute atomic E-state index is 13.4. The topological polar surface area (TPSA) is 228 Å². The molecule has 12 unspecified atom stereocenters. The second kappa shape index (κ2) is 61.5. The van der Waals surface area contributed by atoms with Gasteiger partial charge in [0, 0.05) is 6.42 Å². The van der Waals surface area contributed by atoms with Crippen LogP contribution in [0, 0.1) is 0 Å². The first-order valence-corrected chi connectivity index (χ1v) is 37.5. The fourth-order valence-corrected chi connectivity index (χ4v) is 11.9. The number of rotatable bonds is 61. The maximum atomic E-state index is 13.4. The monoisotopic (exact) mass is 1300 g/mol. The van der Waals surface area contributed by atoms with E-state index in [1.807, 2.05) is 0 Å². The quantitative estimate of drug-likeness (QED) is 0.0204. The smallest absolute Gasteiger partial charge is 0.220 e. The molecule has 9 N–H and O–H groups in total. The van der Waals surface area contributed by atoms with Crippen LogP contribution >= 0.6 is 0 Å². The van der Waals surface area contributed by atoms with E-state index in [-0.39, 0.29) is 18.9 Å². The molecular formula is C78H137NO13. The summed E-state index contributed by atoms with van der Waals surface area (Å²) in [6, 6.07) is -0.842. The number of ether oxygens (including phenoxy) is 4. The fourth-order valence-electron chi connectivity index (χ4n) is 11.9. The first-order valence-electron chi connectivity index (χ1n) is 37.5. The Bertz CT molecular complexity index is 1920. The van der Waals surface area contributed by atoms with Crippen molar-refractivity contribution in [3.05, 3.63) is 97.2 Å². The summed E-state index contributed by atoms with van der Waals surface area (Å²) in [7, 11) is 0. The van der Waals surface area contributed by atoms with Gasteiger partial charge in [0.2, 0.25) is 5.91 Å². The van der Waals surface area contributed by atoms with E-state index in [2.05, 4.69) is 116 Å². The van der Waals surface area contributed by atoms with E-state index in [9.17, 15) is 45.6 Å². The minimum Gasteiger partial charge on any atom is -0.394 e. The van der Waals surface area contributed by atoms with Gasteiger partial charge >= 0.3 is 0 Å². The van der Waals surface area contributed by atoms with Crippen molar-refractivity contribution in [1.29, 1.82) is 0 Å². The molecule has 0 aromatic rings. The van der Waals surface area contributed by atoms with Crippen LogP contribution in [0.25, 0.3) is 0 Å². The zero-order chi connectivity index (χ0) is 66.6. The Morgan fingerprint density at radius 2 is 0.750 bits per heavy atom. The van der Waals surface area contributed by atoms with Crippen molar-refractivity contribution in [1.82, 2.24) is 5.32 Å². The predicted octanol–water partition coefficient (Wildman–Crippen LogP) is 16.1. The number of carbonyl (C=O) groups excluding carboxylic acids is 1. The normalized spacial score (nSPS) is 23.2. The Morgan fingerprint density at radius 3 is 1.15 bits per heavy atom. The molecular weight excluding hydrogens is 1160 g/mol. The van der Waals surface area contributed by atoms with Crippen LogP contribution in [-0.2, 0) is 23.7 Å². The van der Waals surface area contributed by atoms with Crippen LogP contribution in [0.3, 0.4) is 0 Å². The average Bonchev–Trinajstić information content (AvgIpc) is 0.829. The van der Waals surface area contributed by atoms with Gasteiger partial charge in [-0.2, -0.15) is 0 Å². The first kappa shape index (κ1) is 85.0. The third-order valence-corrected chi connectivity index (χ3v) is 17.8. The molecule has 14 nitrogen and oxygen atoms in total. The summed E-state index contributed by atoms with van der Waals surface area (Å²) in [4.78, 5) is 13.4. The summed E-state index contributed by atoms with van der Waals surface area (Å²) in [5.74, 6) is -0.215. The van der Waals surface area contributed by atoms with Crippen molar-refractivity contribution in [2.24, 2.45) is 0 Å². The van der Waals surface area contributed by atoms with Crippen molar-refractivity contribution in [3.8, 4) is 0 Å². The molecule has 1 amide bonds. The van der Waals surface area contributed by atoms with Crippen molar-refractivity contribution < 1.29 is 64.6 Å². The fraction of sp³-hybridized carbons (Fsp3) is 0.782. The third kappa shape index (κ3) is 44.6. The van der Waals surface area contributed by atoms with Crippen molar-refractivity contribution in [3.63, 3.8) is 0 Å². The van der Waals surface area contributed by atoms with Gasteiger partial charge in [-0.05, 0) is 77.0 Å². The number of aliphatic hydroxyl groups excluding tert-OH is 8. The number of hydrogen-bond donors (Lipinski definition) is 9. The van der Waals surface area contributed by atoms with Gasteiger partial charge in [-0.1, -0.05) is 310 Å². The average molecular weight is 1300 g/mol. The van der Waals surface area contributed by atoms with Crippen LogP contribution in [0.4, 0.5) is 0 Å². The van der Waals surface area contributed by atoms with Crippen LogP contribution in [0.1, 0.15) is 296 Å². The molecule has 2 rings (SSSR count). The lowest BCUT2D eigenvalue weighted by Crippen LogP contribution is -2.65. The highest BCUT2D eigenvalue weighted by Gasteiger charge is 2.51. The minimum atomic E-state index is -1.79. The first-order chi connectivity index (χ1) is 45.1. The Kier molecular flexibility index (Phi) is 56.8. The zero-order valence-corrected chi connectivity index (χ0v) is 58.0. The lowest BCUT2D eigenvalue weighted by molar-refractivity contribution is -0.359. The molecule has 0 bridgehead atoms. The van der Waals surface area contributed by atoms with E-state index in [1.54, 1.807) is 0 Å². The molecule has 0 saturated carbocycles. The van der Waals surface area contributed by atoms with Crippen LogP contribution in [-0.4, -0.2) is 140 Å². The highest BCUT2D eigenvalue weighted by atomic mass is 16.7. The zero-order valence-electron chi connectivity index (χ0n) is 58.0. The molecule has 2 fully saturated rings. The SMILES string of the molecule is CC/C=C\C/C=C\C/C=C\C/C=C\C/C=C\C/C=C\C/C=C\C/C=C\CCCCCCCCCCC(=O)NC(COC1OC(CO)C(OC2OC(CO)C(O)C(O)C2O)C(O)C1O)C(O)CCCCCCCCCCCCCCCCCCCCCCCCCCC. The Balaban J connectivity index is 1.66. The van der Waals surface area contributed by atoms with E-state index in [4.69, 9.17) is 18.9 Å². The highest BCUT2D eigenvalue weighted by Crippen LogP contribution is 2.30. The summed E-state index contributed by atoms with van der Waals surface area (Å²) in [5.41, 5.74) is 0. The van der Waals surface area contributed by atoms with Crippen LogP contribution < -0.4 is 5.32 Å². The second-order valence-corrected chi connectivity index (χ2v) is 26.0. The van der Waals surface area contributed by atoms with Gasteiger partial charge in [-0.3, -0.25) is 4.79 Å². The van der Waals surface area contributed by atoms with E-state index >= 15 is 0 Å². The molecule has 2 heterocycles. The summed E-state index contributed by atoms with van der Waals surface area (Å²) in [6.45, 7) is 2.77. The molecule has 0 aromatic heterocycles. The van der Waals surface area contributed by atoms with Gasteiger partial charge in [0.05, 0.1) is 32.0 Å². The molecule has 12 atom stereocenters. The number of aliphatic hydroxyl groups is 8. The molecule has 14 heteroatoms. The van der Waals surface area contributed by atoms with E-state index in [0.29, 0.717) is 12.8 Å². The Labute approximate surface area is 560 Å². The van der Waals surface area contributed by atoms with Crippen LogP contribution in [0.2, 0.25) is 0 Å². The van der Waals surface area contributed by atoms with Gasteiger partial charge in [0.15, 0.2) is 12.6 Å². The van der Waals surface area contributed by atoms with Gasteiger partial charge < -0.3 is 65.1 Å². The summed E-state index contributed by atoms with van der Waals surface area (Å²) in [5, 5.41) is 87.8. The summed E-state index contributed by atoms with van der Waals surface area (Å²) in [6.07, 6.45) is 69.9. The summed E-state index contributed by atoms with van der Waals surface area (Å²) < 4.78 is 22.9. The molecule has 0 radical (unpaired) electrons. The van der Waals surface area contributed by atoms with E-state index in [1.165, 1.54) is 161 Å². The van der Waals surface area contributed by atoms with Gasteiger partial charge in [0.25, 0.3) is 0 Å². The number of allylic oxidation sites excluding steroid dienone is 16. The number of hydrogen-bond acceptors (Lipinski definition) is 13. The number of amides is 1. The van der Waals surface area contributed by atoms with Crippen LogP contribution in [0.15, 0.2) is 97.2 Å². The van der Waals surface area contributed by atoms with E-state index < -0.39 is 86.8 Å². The number of nitrogens with one attached hydrogen (secondary N) is 1. The van der Waals surface area contributed by atoms with Crippen molar-refractivity contribution in [2.45, 2.75) is 370 Å². The standard InChI is InChI=1S/C78H137NO13/c1-3-5-7-9-11-13-15-17-19-21-23-25-27-29-30-31-32-33-34-35-36-38-40-42-44-46-48-50-52-54-56-58-60-62-70(83)79-66(65-89-77-75(88)73(86)76(69(64-81)91-77)92-78-74(87)72(85)71(84)68(63-80)90-78)67(82)61-59-57-55-53-51-49-47-45-43-41-39-37-28-26-24-22-20-18-16-14-12-10-8-6-4-2/h5,7,11,13,17,19,23,25,29-30,32-33,35-36,40,42,66-69,71-78,80-82,84-88H,3-4,6,8-10,12,14-16,18,20-22,24,26-28,31,34,37-39,41,43-65H2,1-2H3,(H,79,83)/b7-5-,13-11-,19-17-,25-23-,30-29-,33-32-,36-35-,42-40-. The Morgan fingerprint density at radius 1 is 0.402 bits per heavy atom. The lowest BCUT2D eigenvalue weighted by Gasteiger charge is -2.46. The van der Waals surface area contributed by atoms with Crippen molar-refractivity contribution in [2.75, 3.05) is 19.8 Å². The molecule has 92 heavy (non-hydrogen) atoms. The third-order valence-electron chi connectivity index (χ3n) is 17.8. The van der Waals surface area contributed by atoms with Crippen LogP contribution in [0.5, 0.6) is 0 Å².